The highest BCUT2D eigenvalue weighted by Crippen LogP contribution is 2.28. The van der Waals surface area contributed by atoms with Gasteiger partial charge in [-0.2, -0.15) is 0 Å². The van der Waals surface area contributed by atoms with Crippen LogP contribution in [0.5, 0.6) is 23.0 Å². The van der Waals surface area contributed by atoms with Crippen molar-refractivity contribution in [2.24, 2.45) is 0 Å². The number of aromatic nitrogens is 2. The van der Waals surface area contributed by atoms with E-state index in [-0.39, 0.29) is 5.91 Å². The number of amides is 1. The van der Waals surface area contributed by atoms with Crippen LogP contribution in [0, 0.1) is 0 Å². The summed E-state index contributed by atoms with van der Waals surface area (Å²) in [7, 11) is 4.74. The van der Waals surface area contributed by atoms with E-state index in [1.807, 2.05) is 48.5 Å². The molecule has 8 nitrogen and oxygen atoms in total. The van der Waals surface area contributed by atoms with Gasteiger partial charge in [-0.25, -0.2) is 4.98 Å². The molecule has 0 unspecified atom stereocenters. The Balaban J connectivity index is 1.39. The number of nitrogens with one attached hydrogen (secondary N) is 1. The minimum Gasteiger partial charge on any atom is -0.493 e. The number of benzene rings is 3. The van der Waals surface area contributed by atoms with Crippen molar-refractivity contribution in [2.75, 3.05) is 27.9 Å². The van der Waals surface area contributed by atoms with Gasteiger partial charge in [-0.3, -0.25) is 4.79 Å². The fourth-order valence-electron chi connectivity index (χ4n) is 4.04. The van der Waals surface area contributed by atoms with Crippen LogP contribution in [0.25, 0.3) is 11.0 Å². The van der Waals surface area contributed by atoms with Crippen LogP contribution in [0.4, 0.5) is 0 Å². The third kappa shape index (κ3) is 5.71. The number of nitrogens with zero attached hydrogens (tertiary/aromatic N) is 2. The summed E-state index contributed by atoms with van der Waals surface area (Å²) in [5, 5.41) is 2.98. The molecule has 0 aliphatic rings. The number of imidazole rings is 1. The van der Waals surface area contributed by atoms with Crippen molar-refractivity contribution in [1.29, 1.82) is 0 Å². The quantitative estimate of drug-likeness (QED) is 0.287. The average molecular weight is 490 g/mol. The van der Waals surface area contributed by atoms with E-state index in [9.17, 15) is 4.79 Å². The Morgan fingerprint density at radius 2 is 1.53 bits per heavy atom. The molecule has 0 saturated heterocycles. The first-order valence-electron chi connectivity index (χ1n) is 11.8. The summed E-state index contributed by atoms with van der Waals surface area (Å²) >= 11 is 0. The third-order valence-electron chi connectivity index (χ3n) is 5.89. The van der Waals surface area contributed by atoms with Crippen LogP contribution in [0.1, 0.15) is 29.0 Å². The average Bonchev–Trinajstić information content (AvgIpc) is 3.28. The lowest BCUT2D eigenvalue weighted by Crippen LogP contribution is -2.25. The van der Waals surface area contributed by atoms with Gasteiger partial charge in [0.1, 0.15) is 5.82 Å². The van der Waals surface area contributed by atoms with Crippen LogP contribution in [-0.4, -0.2) is 43.4 Å². The second-order valence-corrected chi connectivity index (χ2v) is 8.13. The van der Waals surface area contributed by atoms with Gasteiger partial charge in [0, 0.05) is 12.1 Å². The number of hydrogen-bond donors (Lipinski definition) is 1. The van der Waals surface area contributed by atoms with E-state index in [1.54, 1.807) is 39.5 Å². The third-order valence-corrected chi connectivity index (χ3v) is 5.89. The number of aryl methyl sites for hydroxylation is 1. The summed E-state index contributed by atoms with van der Waals surface area (Å²) < 4.78 is 24.0. The molecule has 0 fully saturated rings. The van der Waals surface area contributed by atoms with Crippen LogP contribution in [-0.2, 0) is 13.1 Å². The van der Waals surface area contributed by atoms with Crippen molar-refractivity contribution >= 4 is 16.9 Å². The van der Waals surface area contributed by atoms with E-state index in [1.165, 1.54) is 0 Å². The highest BCUT2D eigenvalue weighted by molar-refractivity contribution is 5.94. The molecule has 36 heavy (non-hydrogen) atoms. The molecule has 0 saturated carbocycles. The summed E-state index contributed by atoms with van der Waals surface area (Å²) in [6, 6.07) is 20.7. The molecule has 1 heterocycles. The Bertz CT molecular complexity index is 1320. The predicted octanol–water partition coefficient (Wildman–Crippen LogP) is 4.85. The fourth-order valence-corrected chi connectivity index (χ4v) is 4.04. The SMILES string of the molecule is COc1ccc(C(=O)NCc2nc3ccccc3n2CCCCOc2ccccc2OC)cc1OC. The summed E-state index contributed by atoms with van der Waals surface area (Å²) in [5.41, 5.74) is 2.43. The molecule has 0 spiro atoms. The molecule has 4 rings (SSSR count). The first kappa shape index (κ1) is 24.9. The molecular weight excluding hydrogens is 458 g/mol. The minimum absolute atomic E-state index is 0.209. The molecule has 188 valence electrons. The molecule has 1 aromatic heterocycles. The van der Waals surface area contributed by atoms with Crippen molar-refractivity contribution < 1.29 is 23.7 Å². The van der Waals surface area contributed by atoms with E-state index in [0.717, 1.165) is 47.7 Å². The smallest absolute Gasteiger partial charge is 0.251 e. The number of fused-ring (bicyclic) bond motifs is 1. The lowest BCUT2D eigenvalue weighted by molar-refractivity contribution is 0.0949. The largest absolute Gasteiger partial charge is 0.493 e. The van der Waals surface area contributed by atoms with Crippen molar-refractivity contribution in [1.82, 2.24) is 14.9 Å². The van der Waals surface area contributed by atoms with Gasteiger partial charge in [0.15, 0.2) is 23.0 Å². The number of carbonyl (C=O) groups is 1. The normalized spacial score (nSPS) is 10.8. The lowest BCUT2D eigenvalue weighted by atomic mass is 10.2. The number of methoxy groups -OCH3 is 3. The van der Waals surface area contributed by atoms with Crippen LogP contribution in [0.2, 0.25) is 0 Å². The van der Waals surface area contributed by atoms with Gasteiger partial charge in [0.2, 0.25) is 0 Å². The first-order chi connectivity index (χ1) is 17.6. The predicted molar refractivity (Wildman–Crippen MR) is 138 cm³/mol. The zero-order valence-corrected chi connectivity index (χ0v) is 20.8. The molecule has 8 heteroatoms. The van der Waals surface area contributed by atoms with E-state index >= 15 is 0 Å². The van der Waals surface area contributed by atoms with Crippen molar-refractivity contribution in [3.63, 3.8) is 0 Å². The summed E-state index contributed by atoms with van der Waals surface area (Å²) in [6.07, 6.45) is 1.76. The summed E-state index contributed by atoms with van der Waals surface area (Å²) in [6.45, 7) is 1.65. The second kappa shape index (κ2) is 12.0. The molecule has 0 radical (unpaired) electrons. The Morgan fingerprint density at radius 1 is 0.833 bits per heavy atom. The molecule has 0 atom stereocenters. The van der Waals surface area contributed by atoms with Crippen molar-refractivity contribution in [3.05, 3.63) is 78.1 Å². The van der Waals surface area contributed by atoms with E-state index in [4.69, 9.17) is 23.9 Å². The molecule has 1 amide bonds. The maximum absolute atomic E-state index is 12.8. The van der Waals surface area contributed by atoms with Gasteiger partial charge < -0.3 is 28.8 Å². The van der Waals surface area contributed by atoms with Crippen LogP contribution >= 0.6 is 0 Å². The zero-order valence-electron chi connectivity index (χ0n) is 20.8. The fraction of sp³-hybridized carbons (Fsp3) is 0.286. The zero-order chi connectivity index (χ0) is 25.3. The Kier molecular flexibility index (Phi) is 8.28. The maximum atomic E-state index is 12.8. The van der Waals surface area contributed by atoms with Gasteiger partial charge in [-0.15, -0.1) is 0 Å². The molecule has 0 aliphatic heterocycles. The lowest BCUT2D eigenvalue weighted by Gasteiger charge is -2.12. The van der Waals surface area contributed by atoms with Crippen LogP contribution in [0.15, 0.2) is 66.7 Å². The Labute approximate surface area is 210 Å². The number of rotatable bonds is 12. The molecule has 4 aromatic rings. The molecule has 1 N–H and O–H groups in total. The van der Waals surface area contributed by atoms with Crippen LogP contribution in [0.3, 0.4) is 0 Å². The van der Waals surface area contributed by atoms with Gasteiger partial charge in [-0.1, -0.05) is 24.3 Å². The van der Waals surface area contributed by atoms with E-state index < -0.39 is 0 Å². The summed E-state index contributed by atoms with van der Waals surface area (Å²) in [5.74, 6) is 3.14. The second-order valence-electron chi connectivity index (χ2n) is 8.13. The number of hydrogen-bond acceptors (Lipinski definition) is 6. The van der Waals surface area contributed by atoms with Gasteiger partial charge in [0.05, 0.1) is 45.5 Å². The van der Waals surface area contributed by atoms with Crippen molar-refractivity contribution in [2.45, 2.75) is 25.9 Å². The van der Waals surface area contributed by atoms with E-state index in [0.29, 0.717) is 30.2 Å². The highest BCUT2D eigenvalue weighted by Gasteiger charge is 2.14. The monoisotopic (exact) mass is 489 g/mol. The van der Waals surface area contributed by atoms with E-state index in [2.05, 4.69) is 9.88 Å². The molecule has 0 aliphatic carbocycles. The Hall–Kier alpha value is -4.20. The van der Waals surface area contributed by atoms with Gasteiger partial charge in [-0.05, 0) is 55.3 Å². The first-order valence-corrected chi connectivity index (χ1v) is 11.8. The standard InChI is InChI=1S/C28H31N3O5/c1-33-23-12-6-7-13-25(23)36-17-9-8-16-31-22-11-5-4-10-21(22)30-27(31)19-29-28(32)20-14-15-24(34-2)26(18-20)35-3/h4-7,10-15,18H,8-9,16-17,19H2,1-3H3,(H,29,32). The minimum atomic E-state index is -0.209. The number of carbonyl (C=O) groups excluding carboxylic acids is 1. The van der Waals surface area contributed by atoms with Gasteiger partial charge in [0.25, 0.3) is 5.91 Å². The Morgan fingerprint density at radius 3 is 2.31 bits per heavy atom. The van der Waals surface area contributed by atoms with Gasteiger partial charge >= 0.3 is 0 Å². The topological polar surface area (TPSA) is 83.8 Å². The highest BCUT2D eigenvalue weighted by atomic mass is 16.5. The van der Waals surface area contributed by atoms with Crippen molar-refractivity contribution in [3.8, 4) is 23.0 Å². The van der Waals surface area contributed by atoms with Crippen LogP contribution < -0.4 is 24.3 Å². The summed E-state index contributed by atoms with van der Waals surface area (Å²) in [4.78, 5) is 17.6. The molecule has 0 bridgehead atoms. The maximum Gasteiger partial charge on any atom is 0.251 e. The molecule has 3 aromatic carbocycles. The molecular formula is C28H31N3O5. The number of unbranched alkanes of at least 4 members (excludes halogenated alkanes) is 1. The number of ether oxygens (including phenoxy) is 4. The number of para-hydroxylation sites is 4.